The summed E-state index contributed by atoms with van der Waals surface area (Å²) in [5, 5.41) is 28.6. The molecule has 0 amide bonds. The zero-order valence-corrected chi connectivity index (χ0v) is 11.8. The first kappa shape index (κ1) is 17.4. The van der Waals surface area contributed by atoms with Crippen molar-refractivity contribution in [2.45, 2.75) is 52.4 Å². The van der Waals surface area contributed by atoms with Crippen molar-refractivity contribution in [1.82, 2.24) is 0 Å². The van der Waals surface area contributed by atoms with E-state index in [0.29, 0.717) is 9.72 Å². The zero-order valence-electron chi connectivity index (χ0n) is 11.8. The first-order valence-electron chi connectivity index (χ1n) is 6.75. The highest BCUT2D eigenvalue weighted by atomic mass is 16.8. The number of unbranched alkanes of at least 4 members (excludes halogenated alkanes) is 4. The minimum atomic E-state index is -0.348. The molecule has 0 aliphatic heterocycles. The lowest BCUT2D eigenvalue weighted by Crippen LogP contribution is -2.06. The lowest BCUT2D eigenvalue weighted by molar-refractivity contribution is -0.574. The average molecular weight is 276 g/mol. The van der Waals surface area contributed by atoms with Crippen LogP contribution in [0.25, 0.3) is 0 Å². The van der Waals surface area contributed by atoms with Crippen LogP contribution in [0.1, 0.15) is 52.4 Å². The van der Waals surface area contributed by atoms with Gasteiger partial charge in [0.15, 0.2) is 13.1 Å². The summed E-state index contributed by atoms with van der Waals surface area (Å²) in [4.78, 5) is 10.0. The molecule has 0 spiro atoms. The topological polar surface area (TPSA) is 95.3 Å². The third kappa shape index (κ3) is 12.6. The van der Waals surface area contributed by atoms with Gasteiger partial charge >= 0.3 is 0 Å². The summed E-state index contributed by atoms with van der Waals surface area (Å²) in [5.74, 6) is 0. The van der Waals surface area contributed by atoms with Crippen molar-refractivity contribution in [3.63, 3.8) is 0 Å². The molecule has 0 atom stereocenters. The second-order valence-corrected chi connectivity index (χ2v) is 4.11. The number of nitrogens with zero attached hydrogens (tertiary/aromatic N) is 4. The first-order valence-corrected chi connectivity index (χ1v) is 6.75. The molecule has 0 aromatic rings. The number of hydroxylamine groups is 2. The van der Waals surface area contributed by atoms with Gasteiger partial charge in [-0.1, -0.05) is 36.4 Å². The van der Waals surface area contributed by atoms with Gasteiger partial charge in [-0.2, -0.15) is 0 Å². The van der Waals surface area contributed by atoms with Crippen molar-refractivity contribution in [1.29, 1.82) is 0 Å². The molecule has 8 nitrogen and oxygen atoms in total. The molecule has 0 heterocycles. The molecular formula is C11H24N4O4. The smallest absolute Gasteiger partial charge is 0.292 e. The normalized spacial score (nSPS) is 12.5. The third-order valence-corrected chi connectivity index (χ3v) is 2.31. The maximum atomic E-state index is 11.1. The van der Waals surface area contributed by atoms with Crippen molar-refractivity contribution >= 4 is 0 Å². The summed E-state index contributed by atoms with van der Waals surface area (Å²) < 4.78 is 0. The van der Waals surface area contributed by atoms with E-state index < -0.39 is 0 Å². The van der Waals surface area contributed by atoms with Crippen molar-refractivity contribution in [2.24, 2.45) is 10.6 Å². The van der Waals surface area contributed by atoms with Crippen molar-refractivity contribution in [3.05, 3.63) is 10.4 Å². The highest BCUT2D eigenvalue weighted by Gasteiger charge is 1.98. The van der Waals surface area contributed by atoms with E-state index in [4.69, 9.17) is 0 Å². The van der Waals surface area contributed by atoms with Crippen LogP contribution in [0, 0.1) is 10.4 Å². The zero-order chi connectivity index (χ0) is 14.3. The molecule has 19 heavy (non-hydrogen) atoms. The Balaban J connectivity index is 3.56. The molecule has 0 fully saturated rings. The molecule has 8 heteroatoms. The van der Waals surface area contributed by atoms with Crippen molar-refractivity contribution in [3.8, 4) is 0 Å². The summed E-state index contributed by atoms with van der Waals surface area (Å²) >= 11 is 0. The van der Waals surface area contributed by atoms with E-state index in [2.05, 4.69) is 20.2 Å². The molecule has 0 rings (SSSR count). The standard InChI is InChI=1S/C11H24N4O4/c1-3-5-7-9-14(16)12-18-11-19-13-15(17)10-8-6-4-2/h3-11H2,1-2H3. The minimum absolute atomic E-state index is 0.287. The fourth-order valence-electron chi connectivity index (χ4n) is 1.28. The van der Waals surface area contributed by atoms with Gasteiger partial charge in [-0.05, 0) is 12.8 Å². The van der Waals surface area contributed by atoms with Gasteiger partial charge in [-0.15, -0.1) is 0 Å². The SMILES string of the molecule is CCCCC[N+]([O-])=NOCON=[N+]([O-])CCCCC. The summed E-state index contributed by atoms with van der Waals surface area (Å²) in [5.41, 5.74) is 0. The molecule has 0 aliphatic carbocycles. The number of hydrogen-bond acceptors (Lipinski definition) is 6. The molecule has 0 radical (unpaired) electrons. The Morgan fingerprint density at radius 2 is 1.21 bits per heavy atom. The van der Waals surface area contributed by atoms with E-state index in [1.165, 1.54) is 0 Å². The van der Waals surface area contributed by atoms with Crippen LogP contribution in [-0.2, 0) is 9.68 Å². The van der Waals surface area contributed by atoms with Gasteiger partial charge < -0.3 is 20.1 Å². The molecule has 0 N–H and O–H groups in total. The van der Waals surface area contributed by atoms with Crippen LogP contribution in [0.4, 0.5) is 0 Å². The summed E-state index contributed by atoms with van der Waals surface area (Å²) in [6.07, 6.45) is 5.56. The Morgan fingerprint density at radius 3 is 1.58 bits per heavy atom. The maximum Gasteiger partial charge on any atom is 0.292 e. The highest BCUT2D eigenvalue weighted by molar-refractivity contribution is 4.33. The Hall–Kier alpha value is -1.60. The highest BCUT2D eigenvalue weighted by Crippen LogP contribution is 1.95. The fraction of sp³-hybridized carbons (Fsp3) is 1.00. The van der Waals surface area contributed by atoms with Crippen LogP contribution >= 0.6 is 0 Å². The van der Waals surface area contributed by atoms with Gasteiger partial charge in [0.2, 0.25) is 10.6 Å². The number of rotatable bonds is 12. The van der Waals surface area contributed by atoms with Crippen LogP contribution in [0.15, 0.2) is 10.6 Å². The average Bonchev–Trinajstić information content (AvgIpc) is 2.39. The number of hydrogen-bond donors (Lipinski definition) is 0. The van der Waals surface area contributed by atoms with E-state index >= 15 is 0 Å². The van der Waals surface area contributed by atoms with E-state index in [1.54, 1.807) is 0 Å². The van der Waals surface area contributed by atoms with Crippen LogP contribution in [-0.4, -0.2) is 29.6 Å². The van der Waals surface area contributed by atoms with Gasteiger partial charge in [0.05, 0.1) is 0 Å². The summed E-state index contributed by atoms with van der Waals surface area (Å²) in [6, 6.07) is 0. The molecule has 0 saturated carbocycles. The predicted molar refractivity (Wildman–Crippen MR) is 67.9 cm³/mol. The van der Waals surface area contributed by atoms with Crippen molar-refractivity contribution < 1.29 is 19.4 Å². The quantitative estimate of drug-likeness (QED) is 0.180. The largest absolute Gasteiger partial charge is 0.597 e. The molecule has 0 bridgehead atoms. The van der Waals surface area contributed by atoms with Gasteiger partial charge in [0, 0.05) is 12.8 Å². The molecule has 0 saturated heterocycles. The van der Waals surface area contributed by atoms with E-state index in [1.807, 2.05) is 13.8 Å². The first-order chi connectivity index (χ1) is 9.20. The van der Waals surface area contributed by atoms with Crippen molar-refractivity contribution in [2.75, 3.05) is 19.9 Å². The minimum Gasteiger partial charge on any atom is -0.597 e. The van der Waals surface area contributed by atoms with Gasteiger partial charge in [-0.3, -0.25) is 0 Å². The lowest BCUT2D eigenvalue weighted by Gasteiger charge is -2.00. The molecule has 0 unspecified atom stereocenters. The van der Waals surface area contributed by atoms with Gasteiger partial charge in [0.1, 0.15) is 0 Å². The Morgan fingerprint density at radius 1 is 0.789 bits per heavy atom. The lowest BCUT2D eigenvalue weighted by atomic mass is 10.3. The van der Waals surface area contributed by atoms with Crippen LogP contribution in [0.2, 0.25) is 0 Å². The van der Waals surface area contributed by atoms with E-state index in [9.17, 15) is 10.4 Å². The fourth-order valence-corrected chi connectivity index (χ4v) is 1.28. The monoisotopic (exact) mass is 276 g/mol. The Bertz CT molecular complexity index is 245. The van der Waals surface area contributed by atoms with Gasteiger partial charge in [-0.25, -0.2) is 0 Å². The second kappa shape index (κ2) is 12.8. The van der Waals surface area contributed by atoms with Crippen LogP contribution in [0.3, 0.4) is 0 Å². The van der Waals surface area contributed by atoms with Crippen LogP contribution in [0.5, 0.6) is 0 Å². The maximum absolute atomic E-state index is 11.1. The molecular weight excluding hydrogens is 252 g/mol. The summed E-state index contributed by atoms with van der Waals surface area (Å²) in [6.45, 7) is 4.32. The molecule has 0 aliphatic rings. The Kier molecular flexibility index (Phi) is 11.8. The Labute approximate surface area is 113 Å². The second-order valence-electron chi connectivity index (χ2n) is 4.11. The summed E-state index contributed by atoms with van der Waals surface area (Å²) in [7, 11) is 0. The van der Waals surface area contributed by atoms with Gasteiger partial charge in [0.25, 0.3) is 6.79 Å². The molecule has 0 aromatic carbocycles. The van der Waals surface area contributed by atoms with E-state index in [0.717, 1.165) is 38.5 Å². The van der Waals surface area contributed by atoms with Crippen LogP contribution < -0.4 is 0 Å². The molecule has 112 valence electrons. The molecule has 0 aromatic heterocycles. The predicted octanol–water partition coefficient (Wildman–Crippen LogP) is 3.11. The third-order valence-electron chi connectivity index (χ3n) is 2.31. The van der Waals surface area contributed by atoms with E-state index in [-0.39, 0.29) is 19.9 Å².